The van der Waals surface area contributed by atoms with Gasteiger partial charge in [0.1, 0.15) is 5.75 Å². The number of hydrogen-bond donors (Lipinski definition) is 1. The summed E-state index contributed by atoms with van der Waals surface area (Å²) in [5, 5.41) is 10.6. The highest BCUT2D eigenvalue weighted by Gasteiger charge is 2.26. The van der Waals surface area contributed by atoms with Gasteiger partial charge in [0.2, 0.25) is 0 Å². The van der Waals surface area contributed by atoms with E-state index in [1.54, 1.807) is 10.8 Å². The third kappa shape index (κ3) is 4.35. The first kappa shape index (κ1) is 16.8. The van der Waals surface area contributed by atoms with Gasteiger partial charge in [-0.05, 0) is 33.8 Å². The molecular formula is C16H26OS2. The van der Waals surface area contributed by atoms with E-state index in [1.165, 1.54) is 5.56 Å². The largest absolute Gasteiger partial charge is 0.507 e. The fourth-order valence-electron chi connectivity index (χ4n) is 2.05. The minimum Gasteiger partial charge on any atom is -0.507 e. The Balaban J connectivity index is 3.39. The van der Waals surface area contributed by atoms with Gasteiger partial charge < -0.3 is 5.11 Å². The monoisotopic (exact) mass is 298 g/mol. The number of hydrogen-bond acceptors (Lipinski definition) is 3. The molecule has 1 rings (SSSR count). The maximum atomic E-state index is 10.6. The van der Waals surface area contributed by atoms with Crippen LogP contribution in [0.4, 0.5) is 0 Å². The molecule has 3 heteroatoms. The highest BCUT2D eigenvalue weighted by molar-refractivity contribution is 8.76. The summed E-state index contributed by atoms with van der Waals surface area (Å²) in [6.07, 6.45) is 2.10. The van der Waals surface area contributed by atoms with Crippen LogP contribution in [0.15, 0.2) is 12.1 Å². The maximum absolute atomic E-state index is 10.6. The topological polar surface area (TPSA) is 20.2 Å². The molecule has 0 saturated carbocycles. The van der Waals surface area contributed by atoms with Crippen molar-refractivity contribution in [1.82, 2.24) is 0 Å². The van der Waals surface area contributed by atoms with Crippen LogP contribution in [0.3, 0.4) is 0 Å². The molecule has 0 fully saturated rings. The first-order valence-electron chi connectivity index (χ1n) is 6.60. The van der Waals surface area contributed by atoms with Gasteiger partial charge in [0.05, 0.1) is 0 Å². The highest BCUT2D eigenvalue weighted by Crippen LogP contribution is 2.40. The van der Waals surface area contributed by atoms with Crippen LogP contribution in [-0.2, 0) is 16.6 Å². The number of phenolic OH excluding ortho intramolecular Hbond substituents is 1. The van der Waals surface area contributed by atoms with E-state index in [4.69, 9.17) is 0 Å². The van der Waals surface area contributed by atoms with Gasteiger partial charge in [-0.2, -0.15) is 0 Å². The summed E-state index contributed by atoms with van der Waals surface area (Å²) in [6.45, 7) is 12.9. The predicted molar refractivity (Wildman–Crippen MR) is 90.3 cm³/mol. The van der Waals surface area contributed by atoms with E-state index < -0.39 is 0 Å². The van der Waals surface area contributed by atoms with Crippen molar-refractivity contribution >= 4 is 21.6 Å². The second-order valence-electron chi connectivity index (χ2n) is 6.97. The van der Waals surface area contributed by atoms with Gasteiger partial charge in [0.25, 0.3) is 0 Å². The first-order chi connectivity index (χ1) is 8.57. The molecule has 1 N–H and O–H groups in total. The number of rotatable bonds is 3. The van der Waals surface area contributed by atoms with Gasteiger partial charge in [-0.1, -0.05) is 75.3 Å². The fraction of sp³-hybridized carbons (Fsp3) is 0.625. The lowest BCUT2D eigenvalue weighted by Crippen LogP contribution is -2.17. The summed E-state index contributed by atoms with van der Waals surface area (Å²) in [4.78, 5) is 0. The zero-order valence-electron chi connectivity index (χ0n) is 13.1. The fourth-order valence-corrected chi connectivity index (χ4v) is 3.23. The molecule has 0 spiro atoms. The van der Waals surface area contributed by atoms with E-state index in [-0.39, 0.29) is 10.8 Å². The van der Waals surface area contributed by atoms with Gasteiger partial charge in [-0.25, -0.2) is 0 Å². The third-order valence-electron chi connectivity index (χ3n) is 3.13. The molecule has 0 atom stereocenters. The number of benzene rings is 1. The lowest BCUT2D eigenvalue weighted by molar-refractivity contribution is 0.423. The number of aromatic hydroxyl groups is 1. The van der Waals surface area contributed by atoms with Crippen molar-refractivity contribution in [3.8, 4) is 5.75 Å². The molecule has 0 amide bonds. The minimum absolute atomic E-state index is 0.0376. The van der Waals surface area contributed by atoms with Crippen molar-refractivity contribution in [2.24, 2.45) is 0 Å². The van der Waals surface area contributed by atoms with Crippen molar-refractivity contribution < 1.29 is 5.11 Å². The molecule has 1 aromatic carbocycles. The van der Waals surface area contributed by atoms with E-state index in [0.717, 1.165) is 16.9 Å². The van der Waals surface area contributed by atoms with Crippen LogP contribution >= 0.6 is 21.6 Å². The van der Waals surface area contributed by atoms with Crippen LogP contribution in [-0.4, -0.2) is 11.4 Å². The van der Waals surface area contributed by atoms with Crippen molar-refractivity contribution in [1.29, 1.82) is 0 Å². The van der Waals surface area contributed by atoms with Crippen molar-refractivity contribution in [2.45, 2.75) is 58.1 Å². The normalized spacial score (nSPS) is 12.8. The van der Waals surface area contributed by atoms with Crippen molar-refractivity contribution in [3.63, 3.8) is 0 Å². The maximum Gasteiger partial charge on any atom is 0.123 e. The van der Waals surface area contributed by atoms with Crippen LogP contribution in [0.1, 0.15) is 58.2 Å². The Morgan fingerprint density at radius 2 is 1.37 bits per heavy atom. The Kier molecular flexibility index (Phi) is 5.30. The molecule has 108 valence electrons. The summed E-state index contributed by atoms with van der Waals surface area (Å²) in [5.74, 6) is 1.45. The average Bonchev–Trinajstić information content (AvgIpc) is 2.24. The Morgan fingerprint density at radius 1 is 0.947 bits per heavy atom. The van der Waals surface area contributed by atoms with E-state index in [0.29, 0.717) is 5.75 Å². The van der Waals surface area contributed by atoms with Gasteiger partial charge in [-0.3, -0.25) is 0 Å². The molecule has 1 nitrogen and oxygen atoms in total. The smallest absolute Gasteiger partial charge is 0.123 e. The summed E-state index contributed by atoms with van der Waals surface area (Å²) in [7, 11) is 3.62. The Morgan fingerprint density at radius 3 is 1.68 bits per heavy atom. The molecule has 0 aliphatic rings. The highest BCUT2D eigenvalue weighted by atomic mass is 33.1. The van der Waals surface area contributed by atoms with Crippen LogP contribution in [0.25, 0.3) is 0 Å². The van der Waals surface area contributed by atoms with E-state index in [1.807, 2.05) is 10.8 Å². The molecule has 0 unspecified atom stereocenters. The molecular weight excluding hydrogens is 272 g/mol. The lowest BCUT2D eigenvalue weighted by Gasteiger charge is -2.28. The molecule has 0 saturated heterocycles. The van der Waals surface area contributed by atoms with Gasteiger partial charge in [0.15, 0.2) is 0 Å². The van der Waals surface area contributed by atoms with Gasteiger partial charge in [-0.15, -0.1) is 0 Å². The standard InChI is InChI=1S/C16H26OS2/c1-15(2,3)12-8-11(10-19-18-7)9-13(14(12)17)16(4,5)6/h8-9,17H,10H2,1-7H3. The first-order valence-corrected chi connectivity index (χ1v) is 9.32. The number of phenols is 1. The molecule has 1 aromatic rings. The van der Waals surface area contributed by atoms with Gasteiger partial charge in [0, 0.05) is 5.75 Å². The molecule has 0 bridgehead atoms. The quantitative estimate of drug-likeness (QED) is 0.744. The zero-order chi connectivity index (χ0) is 14.8. The van der Waals surface area contributed by atoms with Crippen LogP contribution in [0.2, 0.25) is 0 Å². The summed E-state index contributed by atoms with van der Waals surface area (Å²) >= 11 is 0. The Hall–Kier alpha value is -0.280. The van der Waals surface area contributed by atoms with Crippen LogP contribution < -0.4 is 0 Å². The minimum atomic E-state index is -0.0376. The van der Waals surface area contributed by atoms with E-state index in [2.05, 4.69) is 59.9 Å². The van der Waals surface area contributed by atoms with E-state index >= 15 is 0 Å². The second-order valence-corrected chi connectivity index (χ2v) is 9.53. The summed E-state index contributed by atoms with van der Waals surface area (Å²) in [5.41, 5.74) is 3.33. The SMILES string of the molecule is CSSCc1cc(C(C)(C)C)c(O)c(C(C)(C)C)c1. The van der Waals surface area contributed by atoms with Crippen molar-refractivity contribution in [2.75, 3.05) is 6.26 Å². The summed E-state index contributed by atoms with van der Waals surface area (Å²) in [6, 6.07) is 4.32. The molecule has 19 heavy (non-hydrogen) atoms. The van der Waals surface area contributed by atoms with Crippen LogP contribution in [0.5, 0.6) is 5.75 Å². The van der Waals surface area contributed by atoms with Crippen LogP contribution in [0, 0.1) is 0 Å². The molecule has 0 aliphatic carbocycles. The zero-order valence-corrected chi connectivity index (χ0v) is 14.8. The Bertz CT molecular complexity index is 404. The second kappa shape index (κ2) is 6.01. The predicted octanol–water partition coefficient (Wildman–Crippen LogP) is 5.50. The Labute approximate surface area is 126 Å². The molecule has 0 aromatic heterocycles. The molecule has 0 radical (unpaired) electrons. The van der Waals surface area contributed by atoms with Gasteiger partial charge >= 0.3 is 0 Å². The van der Waals surface area contributed by atoms with Crippen molar-refractivity contribution in [3.05, 3.63) is 28.8 Å². The lowest BCUT2D eigenvalue weighted by atomic mass is 9.78. The van der Waals surface area contributed by atoms with E-state index in [9.17, 15) is 5.11 Å². The third-order valence-corrected chi connectivity index (χ3v) is 4.88. The summed E-state index contributed by atoms with van der Waals surface area (Å²) < 4.78 is 0. The average molecular weight is 299 g/mol. The molecule has 0 heterocycles. The molecule has 0 aliphatic heterocycles.